The van der Waals surface area contributed by atoms with E-state index in [9.17, 15) is 9.18 Å². The molecule has 6 heteroatoms. The van der Waals surface area contributed by atoms with Crippen molar-refractivity contribution in [1.82, 2.24) is 0 Å². The maximum atomic E-state index is 13.4. The van der Waals surface area contributed by atoms with E-state index in [1.54, 1.807) is 56.5 Å². The fourth-order valence-electron chi connectivity index (χ4n) is 3.31. The van der Waals surface area contributed by atoms with Crippen molar-refractivity contribution in [3.05, 3.63) is 83.7 Å². The largest absolute Gasteiger partial charge is 0.497 e. The molecule has 0 N–H and O–H groups in total. The summed E-state index contributed by atoms with van der Waals surface area (Å²) in [7, 11) is 1.59. The van der Waals surface area contributed by atoms with Crippen molar-refractivity contribution in [3.63, 3.8) is 0 Å². The molecule has 0 radical (unpaired) electrons. The molecule has 4 rings (SSSR count). The molecule has 158 valence electrons. The number of hydrogen-bond donors (Lipinski definition) is 0. The molecular formula is C25H21FO5. The van der Waals surface area contributed by atoms with Gasteiger partial charge < -0.3 is 18.6 Å². The van der Waals surface area contributed by atoms with Crippen LogP contribution in [0.1, 0.15) is 22.8 Å². The Morgan fingerprint density at radius 1 is 1.00 bits per heavy atom. The molecule has 4 aromatic rings. The van der Waals surface area contributed by atoms with Crippen molar-refractivity contribution >= 4 is 16.9 Å². The molecule has 0 amide bonds. The summed E-state index contributed by atoms with van der Waals surface area (Å²) in [5.74, 6) is 0.850. The molecule has 0 saturated heterocycles. The summed E-state index contributed by atoms with van der Waals surface area (Å²) in [4.78, 5) is 12.8. The highest BCUT2D eigenvalue weighted by Gasteiger charge is 2.24. The van der Waals surface area contributed by atoms with E-state index in [2.05, 4.69) is 0 Å². The van der Waals surface area contributed by atoms with Crippen LogP contribution in [0.15, 0.2) is 71.1 Å². The number of fused-ring (bicyclic) bond motifs is 1. The second kappa shape index (κ2) is 8.92. The molecule has 3 aromatic carbocycles. The maximum Gasteiger partial charge on any atom is 0.342 e. The first-order chi connectivity index (χ1) is 15.1. The van der Waals surface area contributed by atoms with Crippen LogP contribution in [-0.2, 0) is 11.3 Å². The number of hydrogen-bond acceptors (Lipinski definition) is 5. The average Bonchev–Trinajstić information content (AvgIpc) is 3.17. The normalized spacial score (nSPS) is 10.8. The third kappa shape index (κ3) is 4.38. The van der Waals surface area contributed by atoms with Gasteiger partial charge in [0.05, 0.1) is 13.7 Å². The summed E-state index contributed by atoms with van der Waals surface area (Å²) in [6, 6.07) is 18.7. The summed E-state index contributed by atoms with van der Waals surface area (Å²) >= 11 is 0. The van der Waals surface area contributed by atoms with E-state index in [0.29, 0.717) is 39.4 Å². The van der Waals surface area contributed by atoms with E-state index in [1.165, 1.54) is 12.1 Å². The van der Waals surface area contributed by atoms with Crippen LogP contribution in [0.4, 0.5) is 4.39 Å². The third-order valence-electron chi connectivity index (χ3n) is 4.79. The van der Waals surface area contributed by atoms with Gasteiger partial charge in [0, 0.05) is 10.9 Å². The molecule has 0 aliphatic rings. The predicted octanol–water partition coefficient (Wildman–Crippen LogP) is 6.00. The van der Waals surface area contributed by atoms with Gasteiger partial charge in [-0.1, -0.05) is 12.1 Å². The Labute approximate surface area is 179 Å². The van der Waals surface area contributed by atoms with Gasteiger partial charge in [-0.3, -0.25) is 0 Å². The average molecular weight is 420 g/mol. The van der Waals surface area contributed by atoms with Crippen molar-refractivity contribution < 1.29 is 27.8 Å². The minimum atomic E-state index is -0.477. The highest BCUT2D eigenvalue weighted by molar-refractivity contribution is 6.09. The number of halogens is 1. The van der Waals surface area contributed by atoms with Crippen molar-refractivity contribution in [2.24, 2.45) is 0 Å². The molecule has 0 atom stereocenters. The van der Waals surface area contributed by atoms with Gasteiger partial charge >= 0.3 is 5.97 Å². The highest BCUT2D eigenvalue weighted by atomic mass is 19.1. The maximum absolute atomic E-state index is 13.4. The lowest BCUT2D eigenvalue weighted by atomic mass is 10.1. The summed E-state index contributed by atoms with van der Waals surface area (Å²) in [5, 5.41) is 0.584. The van der Waals surface area contributed by atoms with Crippen LogP contribution in [0.25, 0.3) is 22.3 Å². The number of esters is 1. The smallest absolute Gasteiger partial charge is 0.342 e. The number of ether oxygens (including phenoxy) is 3. The Hall–Kier alpha value is -3.80. The van der Waals surface area contributed by atoms with Crippen molar-refractivity contribution in [1.29, 1.82) is 0 Å². The van der Waals surface area contributed by atoms with Gasteiger partial charge in [-0.05, 0) is 67.1 Å². The van der Waals surface area contributed by atoms with Crippen LogP contribution in [0.3, 0.4) is 0 Å². The molecule has 0 fully saturated rings. The van der Waals surface area contributed by atoms with Gasteiger partial charge in [-0.25, -0.2) is 9.18 Å². The SMILES string of the molecule is CCOC(=O)c1c(-c2ccc(OC)cc2)oc2ccc(OCc3cccc(F)c3)cc12. The Bertz CT molecular complexity index is 1210. The topological polar surface area (TPSA) is 57.9 Å². The van der Waals surface area contributed by atoms with E-state index < -0.39 is 5.97 Å². The molecule has 1 aromatic heterocycles. The van der Waals surface area contributed by atoms with Crippen molar-refractivity contribution in [2.75, 3.05) is 13.7 Å². The van der Waals surface area contributed by atoms with Crippen molar-refractivity contribution in [2.45, 2.75) is 13.5 Å². The Kier molecular flexibility index (Phi) is 5.89. The quantitative estimate of drug-likeness (QED) is 0.343. The first-order valence-corrected chi connectivity index (χ1v) is 9.84. The number of carbonyl (C=O) groups is 1. The standard InChI is InChI=1S/C25H21FO5/c1-3-29-25(27)23-21-14-20(30-15-16-5-4-6-18(26)13-16)11-12-22(21)31-24(23)17-7-9-19(28-2)10-8-17/h4-14H,3,15H2,1-2H3. The summed E-state index contributed by atoms with van der Waals surface area (Å²) in [6.45, 7) is 2.19. The molecule has 0 aliphatic heterocycles. The summed E-state index contributed by atoms with van der Waals surface area (Å²) < 4.78 is 35.7. The number of furan rings is 1. The molecule has 0 bridgehead atoms. The first kappa shape index (κ1) is 20.5. The molecule has 0 unspecified atom stereocenters. The van der Waals surface area contributed by atoms with Crippen LogP contribution < -0.4 is 9.47 Å². The number of carbonyl (C=O) groups excluding carboxylic acids is 1. The van der Waals surface area contributed by atoms with Gasteiger partial charge in [-0.2, -0.15) is 0 Å². The highest BCUT2D eigenvalue weighted by Crippen LogP contribution is 2.36. The van der Waals surface area contributed by atoms with Gasteiger partial charge in [0.15, 0.2) is 0 Å². The zero-order chi connectivity index (χ0) is 21.8. The van der Waals surface area contributed by atoms with Crippen LogP contribution in [-0.4, -0.2) is 19.7 Å². The summed E-state index contributed by atoms with van der Waals surface area (Å²) in [5.41, 5.74) is 2.30. The number of methoxy groups -OCH3 is 1. The molecule has 5 nitrogen and oxygen atoms in total. The van der Waals surface area contributed by atoms with Crippen LogP contribution >= 0.6 is 0 Å². The van der Waals surface area contributed by atoms with E-state index >= 15 is 0 Å². The first-order valence-electron chi connectivity index (χ1n) is 9.84. The summed E-state index contributed by atoms with van der Waals surface area (Å²) in [6.07, 6.45) is 0. The fraction of sp³-hybridized carbons (Fsp3) is 0.160. The third-order valence-corrected chi connectivity index (χ3v) is 4.79. The van der Waals surface area contributed by atoms with E-state index in [1.807, 2.05) is 12.1 Å². The Morgan fingerprint density at radius 2 is 1.77 bits per heavy atom. The predicted molar refractivity (Wildman–Crippen MR) is 115 cm³/mol. The van der Waals surface area contributed by atoms with Crippen LogP contribution in [0, 0.1) is 5.82 Å². The minimum absolute atomic E-state index is 0.196. The lowest BCUT2D eigenvalue weighted by molar-refractivity contribution is 0.0528. The lowest BCUT2D eigenvalue weighted by Crippen LogP contribution is -2.05. The van der Waals surface area contributed by atoms with Gasteiger partial charge in [-0.15, -0.1) is 0 Å². The molecule has 31 heavy (non-hydrogen) atoms. The van der Waals surface area contributed by atoms with Crippen LogP contribution in [0.2, 0.25) is 0 Å². The number of benzene rings is 3. The van der Waals surface area contributed by atoms with Crippen LogP contribution in [0.5, 0.6) is 11.5 Å². The van der Waals surface area contributed by atoms with Crippen molar-refractivity contribution in [3.8, 4) is 22.8 Å². The molecule has 0 aliphatic carbocycles. The zero-order valence-corrected chi connectivity index (χ0v) is 17.2. The van der Waals surface area contributed by atoms with Gasteiger partial charge in [0.25, 0.3) is 0 Å². The number of rotatable bonds is 7. The Morgan fingerprint density at radius 3 is 2.48 bits per heavy atom. The van der Waals surface area contributed by atoms with E-state index in [-0.39, 0.29) is 19.0 Å². The molecule has 1 heterocycles. The van der Waals surface area contributed by atoms with E-state index in [0.717, 1.165) is 5.56 Å². The van der Waals surface area contributed by atoms with Gasteiger partial charge in [0.2, 0.25) is 0 Å². The second-order valence-corrected chi connectivity index (χ2v) is 6.83. The monoisotopic (exact) mass is 420 g/mol. The van der Waals surface area contributed by atoms with Gasteiger partial charge in [0.1, 0.15) is 40.8 Å². The molecule has 0 saturated carbocycles. The fourth-order valence-corrected chi connectivity index (χ4v) is 3.31. The Balaban J connectivity index is 1.72. The molecule has 0 spiro atoms. The molecular weight excluding hydrogens is 399 g/mol. The minimum Gasteiger partial charge on any atom is -0.497 e. The lowest BCUT2D eigenvalue weighted by Gasteiger charge is -2.07. The zero-order valence-electron chi connectivity index (χ0n) is 17.2. The van der Waals surface area contributed by atoms with E-state index in [4.69, 9.17) is 18.6 Å². The second-order valence-electron chi connectivity index (χ2n) is 6.83.